The predicted octanol–water partition coefficient (Wildman–Crippen LogP) is 2.01. The maximum atomic E-state index is 5.70. The van der Waals surface area contributed by atoms with Gasteiger partial charge in [-0.2, -0.15) is 5.10 Å². The smallest absolute Gasteiger partial charge is 0.170 e. The van der Waals surface area contributed by atoms with Gasteiger partial charge < -0.3 is 5.73 Å². The van der Waals surface area contributed by atoms with E-state index in [2.05, 4.69) is 31.0 Å². The molecule has 0 aliphatic heterocycles. The molecule has 0 bridgehead atoms. The van der Waals surface area contributed by atoms with Gasteiger partial charge >= 0.3 is 0 Å². The molecule has 18 heavy (non-hydrogen) atoms. The lowest BCUT2D eigenvalue weighted by Gasteiger charge is -1.99. The van der Waals surface area contributed by atoms with E-state index >= 15 is 0 Å². The lowest BCUT2D eigenvalue weighted by Crippen LogP contribution is -2.05. The molecule has 0 unspecified atom stereocenters. The van der Waals surface area contributed by atoms with Crippen LogP contribution >= 0.6 is 15.9 Å². The van der Waals surface area contributed by atoms with Gasteiger partial charge in [0, 0.05) is 30.7 Å². The van der Waals surface area contributed by atoms with Crippen LogP contribution in [0.2, 0.25) is 0 Å². The zero-order chi connectivity index (χ0) is 12.5. The summed E-state index contributed by atoms with van der Waals surface area (Å²) in [5.41, 5.74) is 9.13. The van der Waals surface area contributed by atoms with Gasteiger partial charge in [0.2, 0.25) is 0 Å². The minimum absolute atomic E-state index is 0.416. The van der Waals surface area contributed by atoms with Gasteiger partial charge in [-0.15, -0.1) is 0 Å². The molecule has 0 saturated carbocycles. The van der Waals surface area contributed by atoms with Gasteiger partial charge in [-0.3, -0.25) is 4.98 Å². The van der Waals surface area contributed by atoms with E-state index in [1.165, 1.54) is 0 Å². The van der Waals surface area contributed by atoms with Crippen molar-refractivity contribution in [3.05, 3.63) is 47.0 Å². The standard InChI is InChI=1S/C12H10BrN5/c13-10-11(8-2-1-4-15-7-8)17-18-9(6-14)3-5-16-12(10)18/h1-5,7H,6,14H2. The van der Waals surface area contributed by atoms with E-state index in [0.29, 0.717) is 6.54 Å². The van der Waals surface area contributed by atoms with Crippen molar-refractivity contribution in [1.82, 2.24) is 19.6 Å². The molecular formula is C12H10BrN5. The maximum Gasteiger partial charge on any atom is 0.170 e. The summed E-state index contributed by atoms with van der Waals surface area (Å²) in [4.78, 5) is 8.41. The first-order valence-electron chi connectivity index (χ1n) is 5.44. The maximum absolute atomic E-state index is 5.70. The molecule has 0 atom stereocenters. The quantitative estimate of drug-likeness (QED) is 0.786. The lowest BCUT2D eigenvalue weighted by molar-refractivity contribution is 0.837. The lowest BCUT2D eigenvalue weighted by atomic mass is 10.2. The van der Waals surface area contributed by atoms with Gasteiger partial charge in [-0.25, -0.2) is 9.50 Å². The fraction of sp³-hybridized carbons (Fsp3) is 0.0833. The van der Waals surface area contributed by atoms with E-state index < -0.39 is 0 Å². The second-order valence-electron chi connectivity index (χ2n) is 3.78. The summed E-state index contributed by atoms with van der Waals surface area (Å²) in [6, 6.07) is 5.70. The fourth-order valence-corrected chi connectivity index (χ4v) is 2.39. The van der Waals surface area contributed by atoms with Crippen LogP contribution in [0, 0.1) is 0 Å². The van der Waals surface area contributed by atoms with E-state index in [1.807, 2.05) is 18.2 Å². The molecule has 2 N–H and O–H groups in total. The average molecular weight is 304 g/mol. The third kappa shape index (κ3) is 1.70. The average Bonchev–Trinajstić information content (AvgIpc) is 2.77. The molecule has 0 aromatic carbocycles. The molecule has 0 spiro atoms. The molecule has 0 amide bonds. The second kappa shape index (κ2) is 4.47. The Morgan fingerprint density at radius 2 is 2.17 bits per heavy atom. The number of aromatic nitrogens is 4. The Hall–Kier alpha value is -1.79. The van der Waals surface area contributed by atoms with Crippen LogP contribution in [0.1, 0.15) is 5.69 Å². The molecular weight excluding hydrogens is 294 g/mol. The number of rotatable bonds is 2. The summed E-state index contributed by atoms with van der Waals surface area (Å²) in [5, 5.41) is 4.54. The molecule has 0 aliphatic carbocycles. The molecule has 0 aliphatic rings. The van der Waals surface area contributed by atoms with Crippen LogP contribution in [-0.4, -0.2) is 19.6 Å². The second-order valence-corrected chi connectivity index (χ2v) is 4.57. The third-order valence-electron chi connectivity index (χ3n) is 2.68. The van der Waals surface area contributed by atoms with Gasteiger partial charge in [0.15, 0.2) is 5.65 Å². The van der Waals surface area contributed by atoms with Crippen LogP contribution in [0.5, 0.6) is 0 Å². The van der Waals surface area contributed by atoms with Crippen molar-refractivity contribution in [2.45, 2.75) is 6.54 Å². The molecule has 0 radical (unpaired) electrons. The topological polar surface area (TPSA) is 69.1 Å². The van der Waals surface area contributed by atoms with Gasteiger partial charge in [0.25, 0.3) is 0 Å². The van der Waals surface area contributed by atoms with Gasteiger partial charge in [-0.05, 0) is 34.1 Å². The van der Waals surface area contributed by atoms with Crippen LogP contribution in [0.4, 0.5) is 0 Å². The number of nitrogens with two attached hydrogens (primary N) is 1. The molecule has 3 aromatic rings. The van der Waals surface area contributed by atoms with Crippen LogP contribution < -0.4 is 5.73 Å². The highest BCUT2D eigenvalue weighted by molar-refractivity contribution is 9.10. The summed E-state index contributed by atoms with van der Waals surface area (Å²) >= 11 is 3.54. The van der Waals surface area contributed by atoms with E-state index in [1.54, 1.807) is 23.1 Å². The van der Waals surface area contributed by atoms with Gasteiger partial charge in [0.1, 0.15) is 5.69 Å². The number of pyridine rings is 1. The van der Waals surface area contributed by atoms with Crippen LogP contribution in [0.15, 0.2) is 41.3 Å². The molecule has 6 heteroatoms. The van der Waals surface area contributed by atoms with Crippen molar-refractivity contribution in [2.24, 2.45) is 5.73 Å². The number of halogens is 1. The Labute approximate surface area is 112 Å². The minimum atomic E-state index is 0.416. The van der Waals surface area contributed by atoms with Crippen LogP contribution in [0.3, 0.4) is 0 Å². The largest absolute Gasteiger partial charge is 0.325 e. The van der Waals surface area contributed by atoms with Crippen LogP contribution in [0.25, 0.3) is 16.9 Å². The summed E-state index contributed by atoms with van der Waals surface area (Å²) in [5.74, 6) is 0. The molecule has 0 saturated heterocycles. The summed E-state index contributed by atoms with van der Waals surface area (Å²) in [6.07, 6.45) is 5.24. The number of fused-ring (bicyclic) bond motifs is 1. The van der Waals surface area contributed by atoms with Crippen molar-refractivity contribution in [3.63, 3.8) is 0 Å². The van der Waals surface area contributed by atoms with E-state index in [4.69, 9.17) is 5.73 Å². The number of nitrogens with zero attached hydrogens (tertiary/aromatic N) is 4. The Morgan fingerprint density at radius 1 is 1.28 bits per heavy atom. The first-order chi connectivity index (χ1) is 8.81. The Bertz CT molecular complexity index is 692. The predicted molar refractivity (Wildman–Crippen MR) is 71.8 cm³/mol. The van der Waals surface area contributed by atoms with E-state index in [0.717, 1.165) is 27.1 Å². The Kier molecular flexibility index (Phi) is 2.81. The SMILES string of the molecule is NCc1ccnc2c(Br)c(-c3cccnc3)nn12. The highest BCUT2D eigenvalue weighted by Crippen LogP contribution is 2.29. The van der Waals surface area contributed by atoms with E-state index in [9.17, 15) is 0 Å². The van der Waals surface area contributed by atoms with Crippen molar-refractivity contribution in [2.75, 3.05) is 0 Å². The molecule has 3 aromatic heterocycles. The van der Waals surface area contributed by atoms with Crippen LogP contribution in [-0.2, 0) is 6.54 Å². The zero-order valence-electron chi connectivity index (χ0n) is 9.42. The Morgan fingerprint density at radius 3 is 2.89 bits per heavy atom. The summed E-state index contributed by atoms with van der Waals surface area (Å²) in [6.45, 7) is 0.416. The van der Waals surface area contributed by atoms with Crippen molar-refractivity contribution in [3.8, 4) is 11.3 Å². The molecule has 0 fully saturated rings. The van der Waals surface area contributed by atoms with Gasteiger partial charge in [0.05, 0.1) is 10.2 Å². The first-order valence-corrected chi connectivity index (χ1v) is 6.23. The molecule has 5 nitrogen and oxygen atoms in total. The van der Waals surface area contributed by atoms with Gasteiger partial charge in [-0.1, -0.05) is 0 Å². The highest BCUT2D eigenvalue weighted by Gasteiger charge is 2.14. The fourth-order valence-electron chi connectivity index (χ4n) is 1.81. The van der Waals surface area contributed by atoms with Crippen molar-refractivity contribution < 1.29 is 0 Å². The number of hydrogen-bond donors (Lipinski definition) is 1. The molecule has 3 heterocycles. The van der Waals surface area contributed by atoms with E-state index in [-0.39, 0.29) is 0 Å². The third-order valence-corrected chi connectivity index (χ3v) is 3.41. The summed E-state index contributed by atoms with van der Waals surface area (Å²) in [7, 11) is 0. The normalized spacial score (nSPS) is 11.0. The zero-order valence-corrected chi connectivity index (χ0v) is 11.0. The van der Waals surface area contributed by atoms with Crippen molar-refractivity contribution >= 4 is 21.6 Å². The number of hydrogen-bond acceptors (Lipinski definition) is 4. The molecule has 90 valence electrons. The Balaban J connectivity index is 2.29. The monoisotopic (exact) mass is 303 g/mol. The summed E-state index contributed by atoms with van der Waals surface area (Å²) < 4.78 is 2.61. The first kappa shape index (κ1) is 11.3. The highest BCUT2D eigenvalue weighted by atomic mass is 79.9. The molecule has 3 rings (SSSR count). The van der Waals surface area contributed by atoms with Crippen molar-refractivity contribution in [1.29, 1.82) is 0 Å². The minimum Gasteiger partial charge on any atom is -0.325 e.